The zero-order chi connectivity index (χ0) is 13.7. The Morgan fingerprint density at radius 1 is 1.16 bits per heavy atom. The molecule has 2 N–H and O–H groups in total. The maximum atomic E-state index is 6.22. The molecule has 2 aromatic rings. The smallest absolute Gasteiger partial charge is 0.137 e. The maximum Gasteiger partial charge on any atom is 0.137 e. The highest BCUT2D eigenvalue weighted by Gasteiger charge is 2.11. The highest BCUT2D eigenvalue weighted by atomic mass is 16.5. The molecule has 100 valence electrons. The summed E-state index contributed by atoms with van der Waals surface area (Å²) in [5.41, 5.74) is 8.26. The van der Waals surface area contributed by atoms with Gasteiger partial charge in [-0.15, -0.1) is 0 Å². The van der Waals surface area contributed by atoms with Crippen LogP contribution in [0.25, 0.3) is 0 Å². The zero-order valence-electron chi connectivity index (χ0n) is 11.2. The van der Waals surface area contributed by atoms with Crippen molar-refractivity contribution in [3.8, 4) is 11.5 Å². The number of nitrogens with zero attached hydrogens (tertiary/aromatic N) is 1. The van der Waals surface area contributed by atoms with Crippen LogP contribution in [0, 0.1) is 0 Å². The quantitative estimate of drug-likeness (QED) is 0.894. The molecular weight excluding hydrogens is 240 g/mol. The van der Waals surface area contributed by atoms with Gasteiger partial charge >= 0.3 is 0 Å². The maximum absolute atomic E-state index is 6.22. The van der Waals surface area contributed by atoms with E-state index in [4.69, 9.17) is 15.2 Å². The summed E-state index contributed by atoms with van der Waals surface area (Å²) in [6.45, 7) is 0. The van der Waals surface area contributed by atoms with Gasteiger partial charge in [-0.1, -0.05) is 18.2 Å². The lowest BCUT2D eigenvalue weighted by molar-refractivity contribution is 0.407. The van der Waals surface area contributed by atoms with Crippen LogP contribution in [0.15, 0.2) is 42.7 Å². The third-order valence-corrected chi connectivity index (χ3v) is 3.03. The van der Waals surface area contributed by atoms with Crippen LogP contribution < -0.4 is 15.2 Å². The average Bonchev–Trinajstić information content (AvgIpc) is 2.47. The number of aromatic nitrogens is 1. The van der Waals surface area contributed by atoms with Crippen LogP contribution in [-0.4, -0.2) is 19.2 Å². The second kappa shape index (κ2) is 6.20. The molecule has 1 atom stereocenters. The molecule has 0 radical (unpaired) electrons. The normalized spacial score (nSPS) is 11.9. The summed E-state index contributed by atoms with van der Waals surface area (Å²) in [6, 6.07) is 9.65. The Hall–Kier alpha value is -2.07. The molecule has 2 rings (SSSR count). The van der Waals surface area contributed by atoms with E-state index in [9.17, 15) is 0 Å². The number of hydrogen-bond donors (Lipinski definition) is 1. The molecule has 0 fully saturated rings. The van der Waals surface area contributed by atoms with Crippen LogP contribution >= 0.6 is 0 Å². The second-order valence-corrected chi connectivity index (χ2v) is 4.28. The van der Waals surface area contributed by atoms with Crippen molar-refractivity contribution in [2.24, 2.45) is 5.73 Å². The summed E-state index contributed by atoms with van der Waals surface area (Å²) in [5, 5.41) is 0. The number of benzene rings is 1. The Kier molecular flexibility index (Phi) is 4.36. The molecule has 0 saturated heterocycles. The lowest BCUT2D eigenvalue weighted by atomic mass is 10.0. The van der Waals surface area contributed by atoms with Gasteiger partial charge in [0, 0.05) is 12.2 Å². The third-order valence-electron chi connectivity index (χ3n) is 3.03. The number of pyridine rings is 1. The van der Waals surface area contributed by atoms with Crippen LogP contribution in [0.1, 0.15) is 17.2 Å². The van der Waals surface area contributed by atoms with Gasteiger partial charge in [0.1, 0.15) is 11.5 Å². The van der Waals surface area contributed by atoms with Gasteiger partial charge in [0.25, 0.3) is 0 Å². The van der Waals surface area contributed by atoms with Crippen molar-refractivity contribution >= 4 is 0 Å². The van der Waals surface area contributed by atoms with Crippen molar-refractivity contribution < 1.29 is 9.47 Å². The average molecular weight is 258 g/mol. The molecule has 19 heavy (non-hydrogen) atoms. The highest BCUT2D eigenvalue weighted by molar-refractivity contribution is 5.35. The molecule has 0 spiro atoms. The van der Waals surface area contributed by atoms with Crippen molar-refractivity contribution in [2.45, 2.75) is 12.5 Å². The predicted octanol–water partition coefficient (Wildman–Crippen LogP) is 2.34. The van der Waals surface area contributed by atoms with E-state index in [1.807, 2.05) is 30.3 Å². The van der Waals surface area contributed by atoms with Gasteiger partial charge in [0.15, 0.2) is 0 Å². The van der Waals surface area contributed by atoms with Gasteiger partial charge in [-0.3, -0.25) is 4.98 Å². The summed E-state index contributed by atoms with van der Waals surface area (Å²) in [5.74, 6) is 1.57. The summed E-state index contributed by atoms with van der Waals surface area (Å²) in [4.78, 5) is 4.12. The first kappa shape index (κ1) is 13.4. The molecule has 0 aliphatic heterocycles. The molecule has 1 unspecified atom stereocenters. The first-order chi connectivity index (χ1) is 9.24. The minimum absolute atomic E-state index is 0.140. The summed E-state index contributed by atoms with van der Waals surface area (Å²) in [6.07, 6.45) is 4.13. The van der Waals surface area contributed by atoms with Crippen LogP contribution in [-0.2, 0) is 6.42 Å². The Morgan fingerprint density at radius 3 is 2.68 bits per heavy atom. The lowest BCUT2D eigenvalue weighted by Crippen LogP contribution is -2.14. The Labute approximate surface area is 113 Å². The summed E-state index contributed by atoms with van der Waals surface area (Å²) >= 11 is 0. The van der Waals surface area contributed by atoms with E-state index < -0.39 is 0 Å². The topological polar surface area (TPSA) is 57.4 Å². The van der Waals surface area contributed by atoms with Crippen LogP contribution in [0.4, 0.5) is 0 Å². The fourth-order valence-electron chi connectivity index (χ4n) is 1.98. The van der Waals surface area contributed by atoms with Crippen LogP contribution in [0.5, 0.6) is 11.5 Å². The van der Waals surface area contributed by atoms with Gasteiger partial charge in [-0.25, -0.2) is 0 Å². The number of para-hydroxylation sites is 1. The van der Waals surface area contributed by atoms with Gasteiger partial charge in [-0.2, -0.15) is 0 Å². The van der Waals surface area contributed by atoms with Crippen LogP contribution in [0.2, 0.25) is 0 Å². The third kappa shape index (κ3) is 3.23. The van der Waals surface area contributed by atoms with E-state index in [2.05, 4.69) is 4.98 Å². The first-order valence-corrected chi connectivity index (χ1v) is 6.11. The van der Waals surface area contributed by atoms with Gasteiger partial charge in [0.05, 0.1) is 20.4 Å². The number of rotatable bonds is 5. The molecule has 0 bridgehead atoms. The van der Waals surface area contributed by atoms with Crippen molar-refractivity contribution in [2.75, 3.05) is 14.2 Å². The van der Waals surface area contributed by atoms with Crippen molar-refractivity contribution in [3.63, 3.8) is 0 Å². The molecule has 0 aliphatic carbocycles. The molecule has 4 nitrogen and oxygen atoms in total. The van der Waals surface area contributed by atoms with E-state index in [0.29, 0.717) is 12.2 Å². The summed E-state index contributed by atoms with van der Waals surface area (Å²) < 4.78 is 10.5. The molecule has 0 saturated carbocycles. The predicted molar refractivity (Wildman–Crippen MR) is 74.4 cm³/mol. The molecular formula is C15H18N2O2. The van der Waals surface area contributed by atoms with E-state index >= 15 is 0 Å². The van der Waals surface area contributed by atoms with Crippen molar-refractivity contribution in [1.29, 1.82) is 0 Å². The standard InChI is InChI=1S/C15H18N2O2/c1-18-13-7-12(9-17-10-13)14(16)8-11-5-3-4-6-15(11)19-2/h3-7,9-10,14H,8,16H2,1-2H3. The van der Waals surface area contributed by atoms with Crippen molar-refractivity contribution in [1.82, 2.24) is 4.98 Å². The van der Waals surface area contributed by atoms with Gasteiger partial charge in [0.2, 0.25) is 0 Å². The molecule has 1 aromatic heterocycles. The molecule has 4 heteroatoms. The lowest BCUT2D eigenvalue weighted by Gasteiger charge is -2.14. The molecule has 1 heterocycles. The molecule has 0 amide bonds. The fraction of sp³-hybridized carbons (Fsp3) is 0.267. The Morgan fingerprint density at radius 2 is 1.95 bits per heavy atom. The SMILES string of the molecule is COc1cncc(C(N)Cc2ccccc2OC)c1. The number of methoxy groups -OCH3 is 2. The van der Waals surface area contributed by atoms with Gasteiger partial charge in [-0.05, 0) is 29.7 Å². The van der Waals surface area contributed by atoms with Crippen molar-refractivity contribution in [3.05, 3.63) is 53.9 Å². The van der Waals surface area contributed by atoms with E-state index in [0.717, 1.165) is 16.9 Å². The first-order valence-electron chi connectivity index (χ1n) is 6.11. The molecule has 0 aliphatic rings. The molecule has 1 aromatic carbocycles. The van der Waals surface area contributed by atoms with Crippen LogP contribution in [0.3, 0.4) is 0 Å². The van der Waals surface area contributed by atoms with E-state index in [-0.39, 0.29) is 6.04 Å². The van der Waals surface area contributed by atoms with Gasteiger partial charge < -0.3 is 15.2 Å². The minimum atomic E-state index is -0.140. The number of ether oxygens (including phenoxy) is 2. The number of hydrogen-bond acceptors (Lipinski definition) is 4. The Balaban J connectivity index is 2.18. The summed E-state index contributed by atoms with van der Waals surface area (Å²) in [7, 11) is 3.28. The minimum Gasteiger partial charge on any atom is -0.496 e. The zero-order valence-corrected chi connectivity index (χ0v) is 11.2. The van der Waals surface area contributed by atoms with E-state index in [1.54, 1.807) is 26.6 Å². The van der Waals surface area contributed by atoms with E-state index in [1.165, 1.54) is 0 Å². The largest absolute Gasteiger partial charge is 0.496 e. The number of nitrogens with two attached hydrogens (primary N) is 1. The Bertz CT molecular complexity index is 543. The highest BCUT2D eigenvalue weighted by Crippen LogP contribution is 2.24. The second-order valence-electron chi connectivity index (χ2n) is 4.28. The fourth-order valence-corrected chi connectivity index (χ4v) is 1.98. The monoisotopic (exact) mass is 258 g/mol.